The monoisotopic (exact) mass is 258 g/mol. The lowest BCUT2D eigenvalue weighted by molar-refractivity contribution is 0.628. The first-order chi connectivity index (χ1) is 9.11. The predicted octanol–water partition coefficient (Wildman–Crippen LogP) is 2.66. The van der Waals surface area contributed by atoms with Crippen LogP contribution in [0.15, 0.2) is 42.5 Å². The Morgan fingerprint density at radius 2 is 1.95 bits per heavy atom. The third-order valence-corrected chi connectivity index (χ3v) is 2.74. The van der Waals surface area contributed by atoms with Crippen LogP contribution in [0.5, 0.6) is 0 Å². The number of pyridine rings is 1. The van der Waals surface area contributed by atoms with Crippen LogP contribution in [0, 0.1) is 11.2 Å². The van der Waals surface area contributed by atoms with Gasteiger partial charge < -0.3 is 10.6 Å². The molecule has 98 valence electrons. The fourth-order valence-corrected chi connectivity index (χ4v) is 1.82. The lowest BCUT2D eigenvalue weighted by Gasteiger charge is -2.22. The molecule has 0 unspecified atom stereocenters. The number of hydrogen-bond donors (Lipinski definition) is 2. The molecule has 4 nitrogen and oxygen atoms in total. The van der Waals surface area contributed by atoms with Crippen LogP contribution in [0.2, 0.25) is 0 Å². The fourth-order valence-electron chi connectivity index (χ4n) is 1.82. The van der Waals surface area contributed by atoms with Crippen LogP contribution in [-0.4, -0.2) is 17.4 Å². The van der Waals surface area contributed by atoms with Crippen LogP contribution >= 0.6 is 0 Å². The number of halogens is 1. The van der Waals surface area contributed by atoms with Crippen LogP contribution < -0.4 is 10.6 Å². The van der Waals surface area contributed by atoms with E-state index in [1.807, 2.05) is 17.9 Å². The molecule has 2 aromatic rings. The summed E-state index contributed by atoms with van der Waals surface area (Å²) in [6.07, 6.45) is 0. The molecule has 0 bridgehead atoms. The molecule has 0 saturated carbocycles. The van der Waals surface area contributed by atoms with Crippen LogP contribution in [0.4, 0.5) is 15.9 Å². The summed E-state index contributed by atoms with van der Waals surface area (Å²) < 4.78 is 12.9. The van der Waals surface area contributed by atoms with Crippen molar-refractivity contribution in [3.63, 3.8) is 0 Å². The Labute approximate surface area is 111 Å². The van der Waals surface area contributed by atoms with Crippen molar-refractivity contribution in [3.8, 4) is 0 Å². The van der Waals surface area contributed by atoms with Crippen molar-refractivity contribution in [3.05, 3.63) is 54.0 Å². The van der Waals surface area contributed by atoms with Gasteiger partial charge in [-0.15, -0.1) is 0 Å². The van der Waals surface area contributed by atoms with Crippen molar-refractivity contribution in [2.45, 2.75) is 6.92 Å². The van der Waals surface area contributed by atoms with Gasteiger partial charge in [0.15, 0.2) is 0 Å². The summed E-state index contributed by atoms with van der Waals surface area (Å²) >= 11 is 0. The summed E-state index contributed by atoms with van der Waals surface area (Å²) in [5, 5.41) is 7.41. The second-order valence-electron chi connectivity index (χ2n) is 4.02. The maximum Gasteiger partial charge on any atom is 0.141 e. The van der Waals surface area contributed by atoms with Gasteiger partial charge in [-0.3, -0.25) is 5.41 Å². The molecule has 1 heterocycles. The fraction of sp³-hybridized carbons (Fsp3) is 0.143. The molecule has 0 aliphatic rings. The van der Waals surface area contributed by atoms with Gasteiger partial charge in [0.05, 0.1) is 0 Å². The van der Waals surface area contributed by atoms with Crippen LogP contribution in [0.1, 0.15) is 12.6 Å². The normalized spacial score (nSPS) is 10.2. The number of nitrogens with zero attached hydrogens (tertiary/aromatic N) is 2. The summed E-state index contributed by atoms with van der Waals surface area (Å²) in [5.74, 6) is 0.337. The lowest BCUT2D eigenvalue weighted by Crippen LogP contribution is -2.20. The molecule has 0 fully saturated rings. The third-order valence-electron chi connectivity index (χ3n) is 2.74. The zero-order valence-electron chi connectivity index (χ0n) is 10.6. The number of hydrogen-bond acceptors (Lipinski definition) is 3. The second kappa shape index (κ2) is 5.48. The van der Waals surface area contributed by atoms with E-state index in [9.17, 15) is 4.39 Å². The molecule has 0 aliphatic heterocycles. The first-order valence-electron chi connectivity index (χ1n) is 5.96. The Balaban J connectivity index is 2.39. The van der Waals surface area contributed by atoms with E-state index in [2.05, 4.69) is 4.98 Å². The van der Waals surface area contributed by atoms with Gasteiger partial charge in [-0.1, -0.05) is 6.07 Å². The molecule has 0 saturated heterocycles. The maximum absolute atomic E-state index is 12.9. The minimum atomic E-state index is -0.273. The van der Waals surface area contributed by atoms with Crippen molar-refractivity contribution < 1.29 is 4.39 Å². The molecular weight excluding hydrogens is 243 g/mol. The molecule has 1 aromatic heterocycles. The number of nitrogens with one attached hydrogen (secondary N) is 1. The zero-order chi connectivity index (χ0) is 13.8. The molecule has 5 heteroatoms. The van der Waals surface area contributed by atoms with E-state index >= 15 is 0 Å². The minimum absolute atomic E-state index is 0.0722. The Bertz CT molecular complexity index is 580. The van der Waals surface area contributed by atoms with Gasteiger partial charge in [0.25, 0.3) is 0 Å². The minimum Gasteiger partial charge on any atom is -0.382 e. The average Bonchev–Trinajstić information content (AvgIpc) is 2.42. The van der Waals surface area contributed by atoms with Gasteiger partial charge in [-0.2, -0.15) is 0 Å². The van der Waals surface area contributed by atoms with Crippen molar-refractivity contribution in [2.24, 2.45) is 5.73 Å². The number of aromatic nitrogens is 1. The van der Waals surface area contributed by atoms with Gasteiger partial charge in [0, 0.05) is 12.2 Å². The van der Waals surface area contributed by atoms with Crippen molar-refractivity contribution in [1.82, 2.24) is 4.98 Å². The van der Waals surface area contributed by atoms with E-state index in [0.717, 1.165) is 5.69 Å². The number of amidine groups is 1. The highest BCUT2D eigenvalue weighted by Gasteiger charge is 2.10. The van der Waals surface area contributed by atoms with E-state index in [1.54, 1.807) is 24.3 Å². The highest BCUT2D eigenvalue weighted by atomic mass is 19.1. The molecule has 1 aromatic carbocycles. The van der Waals surface area contributed by atoms with Gasteiger partial charge in [0.1, 0.15) is 23.2 Å². The molecule has 2 rings (SSSR count). The van der Waals surface area contributed by atoms with E-state index in [0.29, 0.717) is 18.1 Å². The SMILES string of the molecule is CCN(c1ccc(F)cc1)c1cccc(C(=N)N)n1. The summed E-state index contributed by atoms with van der Waals surface area (Å²) in [4.78, 5) is 6.25. The molecule has 0 spiro atoms. The highest BCUT2D eigenvalue weighted by molar-refractivity contribution is 5.93. The smallest absolute Gasteiger partial charge is 0.141 e. The van der Waals surface area contributed by atoms with Crippen molar-refractivity contribution in [2.75, 3.05) is 11.4 Å². The number of benzene rings is 1. The summed E-state index contributed by atoms with van der Waals surface area (Å²) in [7, 11) is 0. The molecule has 19 heavy (non-hydrogen) atoms. The van der Waals surface area contributed by atoms with Gasteiger partial charge in [-0.05, 0) is 43.3 Å². The van der Waals surface area contributed by atoms with Gasteiger partial charge >= 0.3 is 0 Å². The highest BCUT2D eigenvalue weighted by Crippen LogP contribution is 2.23. The van der Waals surface area contributed by atoms with Crippen LogP contribution in [0.25, 0.3) is 0 Å². The quantitative estimate of drug-likeness (QED) is 0.654. The molecule has 3 N–H and O–H groups in total. The first-order valence-corrected chi connectivity index (χ1v) is 5.96. The van der Waals surface area contributed by atoms with Gasteiger partial charge in [0.2, 0.25) is 0 Å². The number of rotatable bonds is 4. The van der Waals surface area contributed by atoms with Crippen molar-refractivity contribution in [1.29, 1.82) is 5.41 Å². The summed E-state index contributed by atoms with van der Waals surface area (Å²) in [6.45, 7) is 2.66. The van der Waals surface area contributed by atoms with Crippen LogP contribution in [-0.2, 0) is 0 Å². The Kier molecular flexibility index (Phi) is 3.75. The van der Waals surface area contributed by atoms with Crippen molar-refractivity contribution >= 4 is 17.3 Å². The first kappa shape index (κ1) is 13.0. The topological polar surface area (TPSA) is 66.0 Å². The van der Waals surface area contributed by atoms with Crippen LogP contribution in [0.3, 0.4) is 0 Å². The van der Waals surface area contributed by atoms with E-state index < -0.39 is 0 Å². The molecular formula is C14H15FN4. The van der Waals surface area contributed by atoms with E-state index in [-0.39, 0.29) is 11.7 Å². The Morgan fingerprint density at radius 3 is 2.53 bits per heavy atom. The molecule has 0 aliphatic carbocycles. The standard InChI is InChI=1S/C14H15FN4/c1-2-19(11-8-6-10(15)7-9-11)13-5-3-4-12(18-13)14(16)17/h3-9H,2H2,1H3,(H3,16,17). The second-order valence-corrected chi connectivity index (χ2v) is 4.02. The Hall–Kier alpha value is -2.43. The van der Waals surface area contributed by atoms with E-state index in [1.165, 1.54) is 12.1 Å². The Morgan fingerprint density at radius 1 is 1.26 bits per heavy atom. The average molecular weight is 258 g/mol. The number of nitrogens with two attached hydrogens (primary N) is 1. The lowest BCUT2D eigenvalue weighted by atomic mass is 10.2. The van der Waals surface area contributed by atoms with E-state index in [4.69, 9.17) is 11.1 Å². The van der Waals surface area contributed by atoms with Gasteiger partial charge in [-0.25, -0.2) is 9.37 Å². The predicted molar refractivity (Wildman–Crippen MR) is 74.3 cm³/mol. The largest absolute Gasteiger partial charge is 0.382 e. The number of anilines is 2. The molecule has 0 radical (unpaired) electrons. The summed E-state index contributed by atoms with van der Waals surface area (Å²) in [5.41, 5.74) is 6.71. The third kappa shape index (κ3) is 2.88. The maximum atomic E-state index is 12.9. The molecule has 0 atom stereocenters. The summed E-state index contributed by atoms with van der Waals surface area (Å²) in [6, 6.07) is 11.5. The number of nitrogen functional groups attached to an aromatic ring is 1. The zero-order valence-corrected chi connectivity index (χ0v) is 10.6. The molecule has 0 amide bonds.